The van der Waals surface area contributed by atoms with Crippen LogP contribution in [0, 0.1) is 6.92 Å². The molecule has 15 heavy (non-hydrogen) atoms. The van der Waals surface area contributed by atoms with Crippen molar-refractivity contribution in [3.63, 3.8) is 0 Å². The van der Waals surface area contributed by atoms with Crippen LogP contribution in [-0.4, -0.2) is 30.6 Å². The minimum Gasteiger partial charge on any atom is -0.477 e. The van der Waals surface area contributed by atoms with Crippen molar-refractivity contribution in [1.82, 2.24) is 19.5 Å². The topological polar surface area (TPSA) is 80.9 Å². The number of aromatic nitrogens is 4. The zero-order valence-electron chi connectivity index (χ0n) is 7.95. The van der Waals surface area contributed by atoms with Gasteiger partial charge in [-0.05, 0) is 6.92 Å². The van der Waals surface area contributed by atoms with E-state index in [9.17, 15) is 4.79 Å². The van der Waals surface area contributed by atoms with Crippen molar-refractivity contribution in [2.45, 2.75) is 6.92 Å². The summed E-state index contributed by atoms with van der Waals surface area (Å²) in [6.07, 6.45) is 5.98. The predicted octanol–water partition coefficient (Wildman–Crippen LogP) is 0.669. The summed E-state index contributed by atoms with van der Waals surface area (Å²) in [5.41, 5.74) is 0.0543. The Hall–Kier alpha value is -2.24. The van der Waals surface area contributed by atoms with Crippen molar-refractivity contribution in [1.29, 1.82) is 0 Å². The zero-order chi connectivity index (χ0) is 10.8. The standard InChI is InChI=1S/C9H8N4O2/c1-6-11-4-7(9(14)15)8(12-6)13-3-2-10-5-13/h2-5H,1H3,(H,14,15). The molecule has 76 valence electrons. The van der Waals surface area contributed by atoms with E-state index in [2.05, 4.69) is 15.0 Å². The van der Waals surface area contributed by atoms with E-state index >= 15 is 0 Å². The highest BCUT2D eigenvalue weighted by Crippen LogP contribution is 2.10. The molecule has 0 spiro atoms. The number of hydrogen-bond donors (Lipinski definition) is 1. The van der Waals surface area contributed by atoms with Crippen LogP contribution in [0.15, 0.2) is 24.9 Å². The molecule has 0 atom stereocenters. The summed E-state index contributed by atoms with van der Waals surface area (Å²) in [5, 5.41) is 8.94. The lowest BCUT2D eigenvalue weighted by atomic mass is 10.3. The molecule has 0 aliphatic rings. The number of carbonyl (C=O) groups is 1. The van der Waals surface area contributed by atoms with Crippen LogP contribution in [0.25, 0.3) is 5.82 Å². The Bertz CT molecular complexity index is 493. The van der Waals surface area contributed by atoms with Gasteiger partial charge in [-0.1, -0.05) is 0 Å². The molecule has 0 aromatic carbocycles. The van der Waals surface area contributed by atoms with Gasteiger partial charge >= 0.3 is 5.97 Å². The molecule has 0 aliphatic carbocycles. The maximum absolute atomic E-state index is 10.9. The van der Waals surface area contributed by atoms with E-state index in [4.69, 9.17) is 5.11 Å². The molecule has 6 nitrogen and oxygen atoms in total. The van der Waals surface area contributed by atoms with E-state index in [1.165, 1.54) is 17.1 Å². The molecule has 0 radical (unpaired) electrons. The van der Waals surface area contributed by atoms with Gasteiger partial charge in [0.2, 0.25) is 0 Å². The maximum atomic E-state index is 10.9. The van der Waals surface area contributed by atoms with Gasteiger partial charge in [0, 0.05) is 18.6 Å². The molecule has 2 aromatic rings. The van der Waals surface area contributed by atoms with Crippen LogP contribution >= 0.6 is 0 Å². The number of aryl methyl sites for hydroxylation is 1. The van der Waals surface area contributed by atoms with Crippen molar-refractivity contribution < 1.29 is 9.90 Å². The Morgan fingerprint density at radius 2 is 2.33 bits per heavy atom. The third-order valence-electron chi connectivity index (χ3n) is 1.87. The van der Waals surface area contributed by atoms with Crippen molar-refractivity contribution in [2.24, 2.45) is 0 Å². The van der Waals surface area contributed by atoms with Crippen LogP contribution in [0.5, 0.6) is 0 Å². The van der Waals surface area contributed by atoms with E-state index in [-0.39, 0.29) is 5.56 Å². The van der Waals surface area contributed by atoms with Gasteiger partial charge in [0.15, 0.2) is 5.82 Å². The van der Waals surface area contributed by atoms with Crippen LogP contribution in [0.4, 0.5) is 0 Å². The zero-order valence-corrected chi connectivity index (χ0v) is 7.95. The second-order valence-electron chi connectivity index (χ2n) is 2.93. The fraction of sp³-hybridized carbons (Fsp3) is 0.111. The lowest BCUT2D eigenvalue weighted by molar-refractivity contribution is 0.0696. The summed E-state index contributed by atoms with van der Waals surface area (Å²) in [5.74, 6) is -0.213. The van der Waals surface area contributed by atoms with Crippen molar-refractivity contribution in [2.75, 3.05) is 0 Å². The SMILES string of the molecule is Cc1ncc(C(=O)O)c(-n2ccnc2)n1. The van der Waals surface area contributed by atoms with Crippen LogP contribution < -0.4 is 0 Å². The number of rotatable bonds is 2. The van der Waals surface area contributed by atoms with E-state index in [1.807, 2.05) is 0 Å². The number of hydrogen-bond acceptors (Lipinski definition) is 4. The molecule has 6 heteroatoms. The van der Waals surface area contributed by atoms with Crippen molar-refractivity contribution >= 4 is 5.97 Å². The first kappa shape index (κ1) is 9.32. The lowest BCUT2D eigenvalue weighted by Gasteiger charge is -2.05. The summed E-state index contributed by atoms with van der Waals surface area (Å²) >= 11 is 0. The molecule has 0 saturated carbocycles. The number of carboxylic acids is 1. The van der Waals surface area contributed by atoms with Crippen LogP contribution in [-0.2, 0) is 0 Å². The third-order valence-corrected chi connectivity index (χ3v) is 1.87. The average Bonchev–Trinajstić information content (AvgIpc) is 2.69. The van der Waals surface area contributed by atoms with Gasteiger partial charge in [-0.15, -0.1) is 0 Å². The molecular formula is C9H8N4O2. The van der Waals surface area contributed by atoms with Crippen LogP contribution in [0.2, 0.25) is 0 Å². The second kappa shape index (κ2) is 3.49. The van der Waals surface area contributed by atoms with Crippen molar-refractivity contribution in [3.8, 4) is 5.82 Å². The van der Waals surface area contributed by atoms with Crippen LogP contribution in [0.1, 0.15) is 16.2 Å². The number of imidazole rings is 1. The second-order valence-corrected chi connectivity index (χ2v) is 2.93. The molecule has 2 rings (SSSR count). The smallest absolute Gasteiger partial charge is 0.341 e. The largest absolute Gasteiger partial charge is 0.477 e. The minimum absolute atomic E-state index is 0.0543. The average molecular weight is 204 g/mol. The van der Waals surface area contributed by atoms with E-state index in [1.54, 1.807) is 19.3 Å². The first-order chi connectivity index (χ1) is 7.18. The molecule has 2 aromatic heterocycles. The monoisotopic (exact) mass is 204 g/mol. The first-order valence-electron chi connectivity index (χ1n) is 4.24. The Balaban J connectivity index is 2.63. The summed E-state index contributed by atoms with van der Waals surface area (Å²) in [7, 11) is 0. The summed E-state index contributed by atoms with van der Waals surface area (Å²) in [6, 6.07) is 0. The Kier molecular flexibility index (Phi) is 2.17. The Morgan fingerprint density at radius 3 is 2.93 bits per heavy atom. The molecule has 0 fully saturated rings. The minimum atomic E-state index is -1.06. The normalized spacial score (nSPS) is 10.2. The van der Waals surface area contributed by atoms with Gasteiger partial charge in [-0.25, -0.2) is 19.7 Å². The van der Waals surface area contributed by atoms with Gasteiger partial charge in [0.05, 0.1) is 0 Å². The molecule has 2 heterocycles. The highest BCUT2D eigenvalue weighted by molar-refractivity contribution is 5.90. The number of nitrogens with zero attached hydrogens (tertiary/aromatic N) is 4. The highest BCUT2D eigenvalue weighted by Gasteiger charge is 2.13. The van der Waals surface area contributed by atoms with Gasteiger partial charge in [0.25, 0.3) is 0 Å². The maximum Gasteiger partial charge on any atom is 0.341 e. The van der Waals surface area contributed by atoms with Crippen molar-refractivity contribution in [3.05, 3.63) is 36.3 Å². The van der Waals surface area contributed by atoms with Gasteiger partial charge < -0.3 is 5.11 Å². The molecule has 1 N–H and O–H groups in total. The molecule has 0 bridgehead atoms. The van der Waals surface area contributed by atoms with Gasteiger partial charge in [-0.2, -0.15) is 0 Å². The number of carboxylic acid groups (broad SMARTS) is 1. The predicted molar refractivity (Wildman–Crippen MR) is 50.9 cm³/mol. The Labute approximate surface area is 85.3 Å². The summed E-state index contributed by atoms with van der Waals surface area (Å²) < 4.78 is 1.54. The van der Waals surface area contributed by atoms with E-state index in [0.29, 0.717) is 11.6 Å². The van der Waals surface area contributed by atoms with E-state index < -0.39 is 5.97 Å². The van der Waals surface area contributed by atoms with E-state index in [0.717, 1.165) is 0 Å². The molecular weight excluding hydrogens is 196 g/mol. The van der Waals surface area contributed by atoms with Crippen LogP contribution in [0.3, 0.4) is 0 Å². The van der Waals surface area contributed by atoms with Gasteiger partial charge in [-0.3, -0.25) is 4.57 Å². The molecule has 0 unspecified atom stereocenters. The molecule has 0 aliphatic heterocycles. The summed E-state index contributed by atoms with van der Waals surface area (Å²) in [6.45, 7) is 1.70. The first-order valence-corrected chi connectivity index (χ1v) is 4.24. The molecule has 0 amide bonds. The Morgan fingerprint density at radius 1 is 1.53 bits per heavy atom. The fourth-order valence-corrected chi connectivity index (χ4v) is 1.19. The quantitative estimate of drug-likeness (QED) is 0.777. The highest BCUT2D eigenvalue weighted by atomic mass is 16.4. The number of aromatic carboxylic acids is 1. The summed E-state index contributed by atoms with van der Waals surface area (Å²) in [4.78, 5) is 22.7. The third kappa shape index (κ3) is 1.69. The van der Waals surface area contributed by atoms with Gasteiger partial charge in [0.1, 0.15) is 17.7 Å². The lowest BCUT2D eigenvalue weighted by Crippen LogP contribution is -2.08. The molecule has 0 saturated heterocycles. The fourth-order valence-electron chi connectivity index (χ4n) is 1.19.